The Morgan fingerprint density at radius 1 is 1.20 bits per heavy atom. The van der Waals surface area contributed by atoms with E-state index in [1.807, 2.05) is 48.2 Å². The summed E-state index contributed by atoms with van der Waals surface area (Å²) in [5, 5.41) is 0. The number of likely N-dealkylation sites (tertiary alicyclic amines) is 1. The molecule has 2 aliphatic rings. The summed E-state index contributed by atoms with van der Waals surface area (Å²) in [6.45, 7) is 3.93. The fourth-order valence-corrected chi connectivity index (χ4v) is 3.77. The van der Waals surface area contributed by atoms with Crippen LogP contribution in [-0.4, -0.2) is 45.7 Å². The standard InChI is InChI=1S/C20H21N3O2/c1-2-18(23-13-15-5-3-4-6-17(15)19(23)24)20(25)22-11-16(12-22)14-7-9-21-10-8-14/h3-10,16,18H,2,11-13H2,1H3. The number of pyridine rings is 1. The SMILES string of the molecule is CCC(C(=O)N1CC(c2ccncc2)C1)N1Cc2ccccc2C1=O. The molecule has 0 bridgehead atoms. The summed E-state index contributed by atoms with van der Waals surface area (Å²) in [6, 6.07) is 11.3. The van der Waals surface area contributed by atoms with Gasteiger partial charge in [0.05, 0.1) is 0 Å². The monoisotopic (exact) mass is 335 g/mol. The largest absolute Gasteiger partial charge is 0.340 e. The van der Waals surface area contributed by atoms with E-state index < -0.39 is 0 Å². The summed E-state index contributed by atoms with van der Waals surface area (Å²) in [7, 11) is 0. The van der Waals surface area contributed by atoms with E-state index in [4.69, 9.17) is 0 Å². The minimum Gasteiger partial charge on any atom is -0.340 e. The molecule has 1 atom stereocenters. The molecule has 2 aromatic rings. The maximum atomic E-state index is 12.9. The molecule has 0 spiro atoms. The number of fused-ring (bicyclic) bond motifs is 1. The summed E-state index contributed by atoms with van der Waals surface area (Å²) in [4.78, 5) is 33.2. The van der Waals surface area contributed by atoms with Gasteiger partial charge in [-0.2, -0.15) is 0 Å². The van der Waals surface area contributed by atoms with Crippen molar-refractivity contribution in [3.63, 3.8) is 0 Å². The zero-order chi connectivity index (χ0) is 17.4. The highest BCUT2D eigenvalue weighted by atomic mass is 16.2. The van der Waals surface area contributed by atoms with Crippen molar-refractivity contribution < 1.29 is 9.59 Å². The van der Waals surface area contributed by atoms with Gasteiger partial charge in [-0.1, -0.05) is 25.1 Å². The summed E-state index contributed by atoms with van der Waals surface area (Å²) in [5.74, 6) is 0.409. The smallest absolute Gasteiger partial charge is 0.255 e. The first kappa shape index (κ1) is 15.8. The quantitative estimate of drug-likeness (QED) is 0.862. The molecule has 5 nitrogen and oxygen atoms in total. The summed E-state index contributed by atoms with van der Waals surface area (Å²) in [6.07, 6.45) is 4.21. The first-order valence-electron chi connectivity index (χ1n) is 8.76. The van der Waals surface area contributed by atoms with Crippen LogP contribution in [0.25, 0.3) is 0 Å². The highest BCUT2D eigenvalue weighted by molar-refractivity contribution is 6.01. The van der Waals surface area contributed by atoms with Crippen molar-refractivity contribution in [2.75, 3.05) is 13.1 Å². The Morgan fingerprint density at radius 2 is 1.92 bits per heavy atom. The average molecular weight is 335 g/mol. The molecule has 0 radical (unpaired) electrons. The minimum atomic E-state index is -0.377. The van der Waals surface area contributed by atoms with E-state index in [1.54, 1.807) is 17.3 Å². The van der Waals surface area contributed by atoms with Gasteiger partial charge in [-0.05, 0) is 35.7 Å². The molecule has 1 saturated heterocycles. The van der Waals surface area contributed by atoms with E-state index in [0.29, 0.717) is 32.0 Å². The van der Waals surface area contributed by atoms with Gasteiger partial charge < -0.3 is 9.80 Å². The highest BCUT2D eigenvalue weighted by Gasteiger charge is 2.40. The number of amides is 2. The van der Waals surface area contributed by atoms with Crippen molar-refractivity contribution in [1.82, 2.24) is 14.8 Å². The number of hydrogen-bond donors (Lipinski definition) is 0. The predicted octanol–water partition coefficient (Wildman–Crippen LogP) is 2.44. The van der Waals surface area contributed by atoms with E-state index in [2.05, 4.69) is 4.98 Å². The molecule has 25 heavy (non-hydrogen) atoms. The molecule has 4 rings (SSSR count). The zero-order valence-corrected chi connectivity index (χ0v) is 14.3. The van der Waals surface area contributed by atoms with Crippen LogP contribution in [0.15, 0.2) is 48.8 Å². The third-order valence-corrected chi connectivity index (χ3v) is 5.27. The molecule has 0 aliphatic carbocycles. The van der Waals surface area contributed by atoms with E-state index in [1.165, 1.54) is 5.56 Å². The van der Waals surface area contributed by atoms with E-state index in [0.717, 1.165) is 11.1 Å². The molecule has 5 heteroatoms. The molecule has 1 fully saturated rings. The van der Waals surface area contributed by atoms with Crippen LogP contribution in [0.4, 0.5) is 0 Å². The number of nitrogens with zero attached hydrogens (tertiary/aromatic N) is 3. The lowest BCUT2D eigenvalue weighted by molar-refractivity contribution is -0.140. The van der Waals surface area contributed by atoms with Crippen molar-refractivity contribution in [2.45, 2.75) is 31.8 Å². The number of rotatable bonds is 4. The lowest BCUT2D eigenvalue weighted by Crippen LogP contribution is -2.56. The van der Waals surface area contributed by atoms with Crippen LogP contribution in [0.2, 0.25) is 0 Å². The Kier molecular flexibility index (Phi) is 3.99. The molecule has 2 aliphatic heterocycles. The lowest BCUT2D eigenvalue weighted by Gasteiger charge is -2.42. The number of carbonyl (C=O) groups is 2. The minimum absolute atomic E-state index is 0.0259. The molecule has 2 amide bonds. The first-order valence-corrected chi connectivity index (χ1v) is 8.76. The number of hydrogen-bond acceptors (Lipinski definition) is 3. The van der Waals surface area contributed by atoms with E-state index in [9.17, 15) is 9.59 Å². The molecular formula is C20H21N3O2. The number of carbonyl (C=O) groups excluding carboxylic acids is 2. The Labute approximate surface area is 147 Å². The van der Waals surface area contributed by atoms with Crippen LogP contribution in [0.1, 0.15) is 40.7 Å². The molecule has 1 aromatic heterocycles. The van der Waals surface area contributed by atoms with Gasteiger partial charge in [-0.3, -0.25) is 14.6 Å². The topological polar surface area (TPSA) is 53.5 Å². The normalized spacial score (nSPS) is 18.0. The Bertz CT molecular complexity index is 800. The first-order chi connectivity index (χ1) is 12.2. The second kappa shape index (κ2) is 6.31. The van der Waals surface area contributed by atoms with Gasteiger partial charge in [0.25, 0.3) is 5.91 Å². The molecular weight excluding hydrogens is 314 g/mol. The Morgan fingerprint density at radius 3 is 2.60 bits per heavy atom. The summed E-state index contributed by atoms with van der Waals surface area (Å²) in [5.41, 5.74) is 2.96. The van der Waals surface area contributed by atoms with Gasteiger partial charge in [0.2, 0.25) is 5.91 Å². The lowest BCUT2D eigenvalue weighted by atomic mass is 9.91. The summed E-state index contributed by atoms with van der Waals surface area (Å²) >= 11 is 0. The van der Waals surface area contributed by atoms with Gasteiger partial charge in [-0.15, -0.1) is 0 Å². The fraction of sp³-hybridized carbons (Fsp3) is 0.350. The number of aromatic nitrogens is 1. The van der Waals surface area contributed by atoms with Crippen molar-refractivity contribution in [1.29, 1.82) is 0 Å². The van der Waals surface area contributed by atoms with Crippen molar-refractivity contribution in [3.8, 4) is 0 Å². The van der Waals surface area contributed by atoms with Crippen molar-refractivity contribution >= 4 is 11.8 Å². The maximum Gasteiger partial charge on any atom is 0.255 e. The third-order valence-electron chi connectivity index (χ3n) is 5.27. The van der Waals surface area contributed by atoms with E-state index in [-0.39, 0.29) is 17.9 Å². The summed E-state index contributed by atoms with van der Waals surface area (Å²) < 4.78 is 0. The van der Waals surface area contributed by atoms with Gasteiger partial charge in [0.1, 0.15) is 6.04 Å². The van der Waals surface area contributed by atoms with Gasteiger partial charge in [-0.25, -0.2) is 0 Å². The molecule has 3 heterocycles. The van der Waals surface area contributed by atoms with Gasteiger partial charge >= 0.3 is 0 Å². The fourth-order valence-electron chi connectivity index (χ4n) is 3.77. The van der Waals surface area contributed by atoms with Gasteiger partial charge in [0, 0.05) is 43.5 Å². The highest BCUT2D eigenvalue weighted by Crippen LogP contribution is 2.30. The van der Waals surface area contributed by atoms with Crippen molar-refractivity contribution in [3.05, 3.63) is 65.5 Å². The Hall–Kier alpha value is -2.69. The van der Waals surface area contributed by atoms with Gasteiger partial charge in [0.15, 0.2) is 0 Å². The van der Waals surface area contributed by atoms with Crippen LogP contribution in [0, 0.1) is 0 Å². The maximum absolute atomic E-state index is 12.9. The van der Waals surface area contributed by atoms with Crippen LogP contribution in [0.3, 0.4) is 0 Å². The predicted molar refractivity (Wildman–Crippen MR) is 94.0 cm³/mol. The molecule has 1 aromatic carbocycles. The number of benzene rings is 1. The average Bonchev–Trinajstić information content (AvgIpc) is 2.93. The molecule has 128 valence electrons. The molecule has 0 N–H and O–H groups in total. The zero-order valence-electron chi connectivity index (χ0n) is 14.3. The third kappa shape index (κ3) is 2.69. The molecule has 1 unspecified atom stereocenters. The second-order valence-electron chi connectivity index (χ2n) is 6.73. The van der Waals surface area contributed by atoms with Crippen LogP contribution in [0.5, 0.6) is 0 Å². The van der Waals surface area contributed by atoms with E-state index >= 15 is 0 Å². The molecule has 0 saturated carbocycles. The van der Waals surface area contributed by atoms with Crippen LogP contribution >= 0.6 is 0 Å². The second-order valence-corrected chi connectivity index (χ2v) is 6.73. The van der Waals surface area contributed by atoms with Crippen LogP contribution < -0.4 is 0 Å². The van der Waals surface area contributed by atoms with Crippen LogP contribution in [-0.2, 0) is 11.3 Å². The Balaban J connectivity index is 1.44. The van der Waals surface area contributed by atoms with Crippen molar-refractivity contribution in [2.24, 2.45) is 0 Å².